The third kappa shape index (κ3) is 31.4. The topological polar surface area (TPSA) is 46.9 Å². The Bertz CT molecular complexity index is 94.0. The second-order valence-electron chi connectivity index (χ2n) is 4.22. The number of likely N-dealkylation sites (N-methyl/N-ethyl adjacent to an activating group) is 2. The molecule has 0 heterocycles. The molecule has 0 aliphatic carbocycles. The van der Waals surface area contributed by atoms with E-state index in [0.717, 1.165) is 13.1 Å². The van der Waals surface area contributed by atoms with Crippen molar-refractivity contribution in [3.63, 3.8) is 0 Å². The molecule has 0 saturated heterocycles. The monoisotopic (exact) mass is 269 g/mol. The molecule has 4 nitrogen and oxygen atoms in total. The number of aliphatic hydroxyl groups excluding tert-OH is 2. The van der Waals surface area contributed by atoms with Gasteiger partial charge in [-0.2, -0.15) is 0 Å². The van der Waals surface area contributed by atoms with Crippen molar-refractivity contribution >= 4 is 0 Å². The number of hydrogen-bond acceptors (Lipinski definition) is 4. The van der Waals surface area contributed by atoms with Crippen LogP contribution in [0.15, 0.2) is 0 Å². The van der Waals surface area contributed by atoms with Crippen LogP contribution in [0.4, 0.5) is 0 Å². The molecule has 2 atom stereocenters. The molecule has 0 aliphatic heterocycles. The first-order valence-electron chi connectivity index (χ1n) is 4.91. The number of nitrogens with zero attached hydrogens (tertiary/aromatic N) is 2. The molecule has 0 aromatic heterocycles. The van der Waals surface area contributed by atoms with E-state index in [-0.39, 0.29) is 29.3 Å². The molecule has 0 fully saturated rings. The first-order chi connectivity index (χ1) is 6.25. The predicted molar refractivity (Wildman–Crippen MR) is 60.5 cm³/mol. The molecule has 0 saturated carbocycles. The Morgan fingerprint density at radius 2 is 1.00 bits per heavy atom. The van der Waals surface area contributed by atoms with Crippen LogP contribution in [-0.4, -0.2) is 73.5 Å². The minimum atomic E-state index is -0.199. The predicted octanol–water partition coefficient (Wildman–Crippen LogP) is -0.145. The Hall–Kier alpha value is 0.359. The SMILES string of the molecule is CC(O)CN(C)C.CC(O)CN(C)C.[Cu]. The number of aliphatic hydroxyl groups is 2. The molecule has 99 valence electrons. The Labute approximate surface area is 105 Å². The van der Waals surface area contributed by atoms with Crippen LogP contribution >= 0.6 is 0 Å². The smallest absolute Gasteiger partial charge is 0.0638 e. The Morgan fingerprint density at radius 1 is 0.800 bits per heavy atom. The standard InChI is InChI=1S/2C5H13NO.Cu/c2*1-5(7)4-6(2)3;/h2*5,7H,4H2,1-3H3;. The van der Waals surface area contributed by atoms with E-state index in [9.17, 15) is 0 Å². The molecule has 15 heavy (non-hydrogen) atoms. The Morgan fingerprint density at radius 3 is 1.00 bits per heavy atom. The number of hydrogen-bond donors (Lipinski definition) is 2. The zero-order valence-corrected chi connectivity index (χ0v) is 11.6. The van der Waals surface area contributed by atoms with E-state index in [4.69, 9.17) is 10.2 Å². The van der Waals surface area contributed by atoms with Crippen molar-refractivity contribution in [2.75, 3.05) is 41.3 Å². The summed E-state index contributed by atoms with van der Waals surface area (Å²) in [7, 11) is 7.75. The van der Waals surface area contributed by atoms with Crippen LogP contribution in [0.2, 0.25) is 0 Å². The average molecular weight is 270 g/mol. The normalized spacial score (nSPS) is 14.0. The molecular weight excluding hydrogens is 244 g/mol. The second kappa shape index (κ2) is 12.4. The zero-order valence-electron chi connectivity index (χ0n) is 10.7. The van der Waals surface area contributed by atoms with Gasteiger partial charge in [-0.3, -0.25) is 0 Å². The van der Waals surface area contributed by atoms with Crippen molar-refractivity contribution < 1.29 is 27.3 Å². The third-order valence-corrected chi connectivity index (χ3v) is 1.26. The summed E-state index contributed by atoms with van der Waals surface area (Å²) in [6.45, 7) is 5.06. The summed E-state index contributed by atoms with van der Waals surface area (Å²) < 4.78 is 0. The van der Waals surface area contributed by atoms with E-state index >= 15 is 0 Å². The third-order valence-electron chi connectivity index (χ3n) is 1.26. The van der Waals surface area contributed by atoms with Gasteiger partial charge in [0.2, 0.25) is 0 Å². The van der Waals surface area contributed by atoms with Crippen molar-refractivity contribution in [3.05, 3.63) is 0 Å². The minimum absolute atomic E-state index is 0. The minimum Gasteiger partial charge on any atom is -0.392 e. The summed E-state index contributed by atoms with van der Waals surface area (Å²) in [5.41, 5.74) is 0. The maximum Gasteiger partial charge on any atom is 0.0638 e. The van der Waals surface area contributed by atoms with Gasteiger partial charge < -0.3 is 20.0 Å². The van der Waals surface area contributed by atoms with Crippen molar-refractivity contribution in [1.82, 2.24) is 9.80 Å². The maximum absolute atomic E-state index is 8.68. The van der Waals surface area contributed by atoms with Crippen LogP contribution in [0.3, 0.4) is 0 Å². The van der Waals surface area contributed by atoms with Gasteiger partial charge >= 0.3 is 0 Å². The van der Waals surface area contributed by atoms with Gasteiger partial charge in [-0.1, -0.05) is 0 Å². The van der Waals surface area contributed by atoms with Crippen molar-refractivity contribution in [1.29, 1.82) is 0 Å². The van der Waals surface area contributed by atoms with Gasteiger partial charge in [0.1, 0.15) is 0 Å². The van der Waals surface area contributed by atoms with E-state index in [0.29, 0.717) is 0 Å². The summed E-state index contributed by atoms with van der Waals surface area (Å²) in [6.07, 6.45) is -0.398. The molecule has 0 aromatic rings. The van der Waals surface area contributed by atoms with Gasteiger partial charge in [-0.25, -0.2) is 0 Å². The van der Waals surface area contributed by atoms with E-state index < -0.39 is 0 Å². The van der Waals surface area contributed by atoms with Gasteiger partial charge in [0.15, 0.2) is 0 Å². The van der Waals surface area contributed by atoms with Gasteiger partial charge in [0, 0.05) is 30.2 Å². The molecule has 0 rings (SSSR count). The van der Waals surface area contributed by atoms with E-state index in [1.54, 1.807) is 13.8 Å². The van der Waals surface area contributed by atoms with Gasteiger partial charge in [0.25, 0.3) is 0 Å². The molecule has 0 aliphatic rings. The Balaban J connectivity index is -0.000000180. The molecule has 2 N–H and O–H groups in total. The molecule has 0 bridgehead atoms. The molecular formula is C10H26CuN2O2. The molecule has 2 unspecified atom stereocenters. The van der Waals surface area contributed by atoms with Crippen LogP contribution in [-0.2, 0) is 17.1 Å². The first kappa shape index (κ1) is 20.7. The van der Waals surface area contributed by atoms with Crippen LogP contribution in [0.1, 0.15) is 13.8 Å². The fraction of sp³-hybridized carbons (Fsp3) is 1.00. The van der Waals surface area contributed by atoms with Crippen LogP contribution in [0.5, 0.6) is 0 Å². The zero-order chi connectivity index (χ0) is 11.7. The average Bonchev–Trinajstić information content (AvgIpc) is 1.79. The van der Waals surface area contributed by atoms with Crippen molar-refractivity contribution in [2.45, 2.75) is 26.1 Å². The molecule has 1 radical (unpaired) electrons. The molecule has 0 spiro atoms. The summed E-state index contributed by atoms with van der Waals surface area (Å²) in [6, 6.07) is 0. The van der Waals surface area contributed by atoms with Crippen LogP contribution in [0, 0.1) is 0 Å². The fourth-order valence-electron chi connectivity index (χ4n) is 1.06. The van der Waals surface area contributed by atoms with Gasteiger partial charge in [0.05, 0.1) is 12.2 Å². The van der Waals surface area contributed by atoms with Crippen LogP contribution < -0.4 is 0 Å². The quantitative estimate of drug-likeness (QED) is 0.698. The van der Waals surface area contributed by atoms with Crippen LogP contribution in [0.25, 0.3) is 0 Å². The van der Waals surface area contributed by atoms with E-state index in [2.05, 4.69) is 0 Å². The molecule has 0 aromatic carbocycles. The molecule has 0 amide bonds. The van der Waals surface area contributed by atoms with Crippen molar-refractivity contribution in [2.24, 2.45) is 0 Å². The largest absolute Gasteiger partial charge is 0.392 e. The summed E-state index contributed by atoms with van der Waals surface area (Å²) in [5, 5.41) is 17.4. The molecule has 5 heteroatoms. The first-order valence-corrected chi connectivity index (χ1v) is 4.91. The fourth-order valence-corrected chi connectivity index (χ4v) is 1.06. The second-order valence-corrected chi connectivity index (χ2v) is 4.22. The summed E-state index contributed by atoms with van der Waals surface area (Å²) in [4.78, 5) is 3.90. The van der Waals surface area contributed by atoms with E-state index in [1.165, 1.54) is 0 Å². The summed E-state index contributed by atoms with van der Waals surface area (Å²) in [5.74, 6) is 0. The van der Waals surface area contributed by atoms with Gasteiger partial charge in [-0.05, 0) is 42.0 Å². The summed E-state index contributed by atoms with van der Waals surface area (Å²) >= 11 is 0. The number of rotatable bonds is 4. The van der Waals surface area contributed by atoms with Gasteiger partial charge in [-0.15, -0.1) is 0 Å². The van der Waals surface area contributed by atoms with E-state index in [1.807, 2.05) is 38.0 Å². The van der Waals surface area contributed by atoms with Crippen molar-refractivity contribution in [3.8, 4) is 0 Å². The maximum atomic E-state index is 8.68. The Kier molecular flexibility index (Phi) is 17.2.